The minimum atomic E-state index is -3.81. The molecular formula is C18H14N4O2S. The number of nitrogens with one attached hydrogen (secondary N) is 1. The molecule has 0 atom stereocenters. The molecule has 1 heterocycles. The molecular weight excluding hydrogens is 336 g/mol. The molecule has 1 aromatic heterocycles. The molecule has 7 heteroatoms. The predicted octanol–water partition coefficient (Wildman–Crippen LogP) is 3.22. The van der Waals surface area contributed by atoms with Crippen LogP contribution in [0.4, 0.5) is 5.95 Å². The van der Waals surface area contributed by atoms with Crippen molar-refractivity contribution in [3.05, 3.63) is 79.1 Å². The van der Waals surface area contributed by atoms with Crippen molar-refractivity contribution < 1.29 is 8.42 Å². The van der Waals surface area contributed by atoms with Crippen molar-refractivity contribution in [1.29, 1.82) is 0 Å². The highest BCUT2D eigenvalue weighted by atomic mass is 32.2. The molecule has 4 aromatic rings. The number of para-hydroxylation sites is 1. The van der Waals surface area contributed by atoms with Crippen LogP contribution >= 0.6 is 0 Å². The second kappa shape index (κ2) is 6.03. The maximum atomic E-state index is 12.9. The van der Waals surface area contributed by atoms with Crippen LogP contribution in [0.3, 0.4) is 0 Å². The van der Waals surface area contributed by atoms with Gasteiger partial charge in [0, 0.05) is 5.39 Å². The van der Waals surface area contributed by atoms with Crippen LogP contribution in [0.25, 0.3) is 16.5 Å². The second-order valence-corrected chi connectivity index (χ2v) is 7.09. The Kier molecular flexibility index (Phi) is 3.70. The maximum absolute atomic E-state index is 12.9. The van der Waals surface area contributed by atoms with Gasteiger partial charge in [-0.05, 0) is 23.6 Å². The molecule has 0 radical (unpaired) electrons. The lowest BCUT2D eigenvalue weighted by Crippen LogP contribution is -2.16. The molecule has 0 unspecified atom stereocenters. The van der Waals surface area contributed by atoms with Crippen molar-refractivity contribution in [3.8, 4) is 5.69 Å². The fraction of sp³-hybridized carbons (Fsp3) is 0. The predicted molar refractivity (Wildman–Crippen MR) is 96.1 cm³/mol. The summed E-state index contributed by atoms with van der Waals surface area (Å²) in [5, 5.41) is 9.24. The molecule has 0 aliphatic rings. The van der Waals surface area contributed by atoms with E-state index in [2.05, 4.69) is 14.9 Å². The van der Waals surface area contributed by atoms with Gasteiger partial charge in [0.1, 0.15) is 6.33 Å². The van der Waals surface area contributed by atoms with E-state index in [0.717, 1.165) is 11.1 Å². The normalized spacial score (nSPS) is 11.5. The zero-order chi connectivity index (χ0) is 17.3. The number of rotatable bonds is 4. The molecule has 0 aliphatic carbocycles. The molecule has 0 saturated heterocycles. The highest BCUT2D eigenvalue weighted by Crippen LogP contribution is 2.25. The van der Waals surface area contributed by atoms with Gasteiger partial charge in [-0.1, -0.05) is 54.6 Å². The first-order valence-electron chi connectivity index (χ1n) is 7.61. The lowest BCUT2D eigenvalue weighted by Gasteiger charge is -2.11. The van der Waals surface area contributed by atoms with Gasteiger partial charge in [0.2, 0.25) is 5.95 Å². The first-order chi connectivity index (χ1) is 12.1. The Morgan fingerprint density at radius 2 is 1.56 bits per heavy atom. The van der Waals surface area contributed by atoms with Gasteiger partial charge < -0.3 is 0 Å². The highest BCUT2D eigenvalue weighted by Gasteiger charge is 2.20. The molecule has 3 aromatic carbocycles. The van der Waals surface area contributed by atoms with E-state index >= 15 is 0 Å². The lowest BCUT2D eigenvalue weighted by molar-refractivity contribution is 0.601. The van der Waals surface area contributed by atoms with Gasteiger partial charge in [-0.25, -0.2) is 13.1 Å². The summed E-state index contributed by atoms with van der Waals surface area (Å²) < 4.78 is 29.9. The summed E-state index contributed by atoms with van der Waals surface area (Å²) in [6.07, 6.45) is 1.47. The number of anilines is 1. The van der Waals surface area contributed by atoms with Gasteiger partial charge in [0.15, 0.2) is 0 Å². The summed E-state index contributed by atoms with van der Waals surface area (Å²) in [4.78, 5) is 0.202. The van der Waals surface area contributed by atoms with Gasteiger partial charge in [-0.3, -0.25) is 4.57 Å². The Balaban J connectivity index is 1.77. The molecule has 0 saturated carbocycles. The molecule has 124 valence electrons. The van der Waals surface area contributed by atoms with Crippen molar-refractivity contribution in [1.82, 2.24) is 14.8 Å². The van der Waals surface area contributed by atoms with Crippen molar-refractivity contribution in [3.63, 3.8) is 0 Å². The van der Waals surface area contributed by atoms with Crippen LogP contribution in [0.1, 0.15) is 0 Å². The van der Waals surface area contributed by atoms with Crippen molar-refractivity contribution >= 4 is 26.7 Å². The average molecular weight is 350 g/mol. The van der Waals surface area contributed by atoms with Crippen LogP contribution in [0.5, 0.6) is 0 Å². The number of sulfonamides is 1. The quantitative estimate of drug-likeness (QED) is 0.613. The van der Waals surface area contributed by atoms with Gasteiger partial charge in [-0.2, -0.15) is 0 Å². The minimum absolute atomic E-state index is 0.138. The van der Waals surface area contributed by atoms with Crippen molar-refractivity contribution in [2.75, 3.05) is 4.72 Å². The Morgan fingerprint density at radius 3 is 2.40 bits per heavy atom. The van der Waals surface area contributed by atoms with Crippen LogP contribution in [0.15, 0.2) is 84.0 Å². The van der Waals surface area contributed by atoms with E-state index in [9.17, 15) is 8.42 Å². The monoisotopic (exact) mass is 350 g/mol. The number of fused-ring (bicyclic) bond motifs is 1. The highest BCUT2D eigenvalue weighted by molar-refractivity contribution is 7.93. The molecule has 0 fully saturated rings. The molecule has 0 bridgehead atoms. The topological polar surface area (TPSA) is 76.9 Å². The van der Waals surface area contributed by atoms with E-state index in [0.29, 0.717) is 5.39 Å². The Bertz CT molecular complexity index is 1130. The van der Waals surface area contributed by atoms with E-state index in [1.54, 1.807) is 22.8 Å². The molecule has 6 nitrogen and oxygen atoms in total. The number of aromatic nitrogens is 3. The van der Waals surface area contributed by atoms with Gasteiger partial charge in [0.25, 0.3) is 10.0 Å². The molecule has 1 N–H and O–H groups in total. The van der Waals surface area contributed by atoms with Crippen LogP contribution < -0.4 is 4.72 Å². The average Bonchev–Trinajstić information content (AvgIpc) is 3.09. The smallest absolute Gasteiger partial charge is 0.264 e. The summed E-state index contributed by atoms with van der Waals surface area (Å²) in [5.74, 6) is 0.138. The van der Waals surface area contributed by atoms with E-state index in [4.69, 9.17) is 0 Å². The number of hydrogen-bond acceptors (Lipinski definition) is 4. The van der Waals surface area contributed by atoms with Crippen molar-refractivity contribution in [2.24, 2.45) is 0 Å². The number of benzene rings is 3. The van der Waals surface area contributed by atoms with Gasteiger partial charge in [0.05, 0.1) is 10.6 Å². The zero-order valence-corrected chi connectivity index (χ0v) is 13.9. The van der Waals surface area contributed by atoms with Crippen LogP contribution in [0.2, 0.25) is 0 Å². The van der Waals surface area contributed by atoms with Crippen LogP contribution in [-0.2, 0) is 10.0 Å². The summed E-state index contributed by atoms with van der Waals surface area (Å²) in [6, 6.07) is 21.8. The van der Waals surface area contributed by atoms with Crippen LogP contribution in [0, 0.1) is 0 Å². The SMILES string of the molecule is O=S(=O)(Nc1nncn1-c1ccccc1)c1cccc2ccccc12. The third-order valence-corrected chi connectivity index (χ3v) is 5.23. The molecule has 4 rings (SSSR count). The standard InChI is InChI=1S/C18H14N4O2S/c23-25(24,17-12-6-8-14-7-4-5-11-16(14)17)21-18-20-19-13-22(18)15-9-2-1-3-10-15/h1-13H,(H,20,21). The fourth-order valence-corrected chi connectivity index (χ4v) is 3.91. The third-order valence-electron chi connectivity index (χ3n) is 3.85. The summed E-state index contributed by atoms with van der Waals surface area (Å²) >= 11 is 0. The van der Waals surface area contributed by atoms with Crippen molar-refractivity contribution in [2.45, 2.75) is 4.90 Å². The summed E-state index contributed by atoms with van der Waals surface area (Å²) in [6.45, 7) is 0. The van der Waals surface area contributed by atoms with E-state index < -0.39 is 10.0 Å². The molecule has 0 spiro atoms. The third kappa shape index (κ3) is 2.85. The Hall–Kier alpha value is -3.19. The fourth-order valence-electron chi connectivity index (χ4n) is 2.69. The number of hydrogen-bond donors (Lipinski definition) is 1. The Morgan fingerprint density at radius 1 is 0.840 bits per heavy atom. The summed E-state index contributed by atoms with van der Waals surface area (Å²) in [7, 11) is -3.81. The molecule has 0 aliphatic heterocycles. The summed E-state index contributed by atoms with van der Waals surface area (Å²) in [5.41, 5.74) is 0.767. The first kappa shape index (κ1) is 15.3. The van der Waals surface area contributed by atoms with Crippen LogP contribution in [-0.4, -0.2) is 23.2 Å². The molecule has 0 amide bonds. The second-order valence-electron chi connectivity index (χ2n) is 5.44. The maximum Gasteiger partial charge on any atom is 0.264 e. The van der Waals surface area contributed by atoms with E-state index in [-0.39, 0.29) is 10.8 Å². The van der Waals surface area contributed by atoms with Gasteiger partial charge in [-0.15, -0.1) is 10.2 Å². The Labute approximate surface area is 144 Å². The van der Waals surface area contributed by atoms with Gasteiger partial charge >= 0.3 is 0 Å². The minimum Gasteiger partial charge on any atom is -0.267 e. The van der Waals surface area contributed by atoms with E-state index in [1.165, 1.54) is 6.33 Å². The molecule has 25 heavy (non-hydrogen) atoms. The first-order valence-corrected chi connectivity index (χ1v) is 9.09. The zero-order valence-electron chi connectivity index (χ0n) is 13.1. The lowest BCUT2D eigenvalue weighted by atomic mass is 10.1. The number of nitrogens with zero attached hydrogens (tertiary/aromatic N) is 3. The van der Waals surface area contributed by atoms with E-state index in [1.807, 2.05) is 54.6 Å². The largest absolute Gasteiger partial charge is 0.267 e.